The molecule has 0 spiro atoms. The van der Waals surface area contributed by atoms with Crippen LogP contribution in [-0.2, 0) is 15.1 Å². The second-order valence-corrected chi connectivity index (χ2v) is 9.95. The minimum atomic E-state index is -0.794. The van der Waals surface area contributed by atoms with E-state index in [0.29, 0.717) is 24.7 Å². The summed E-state index contributed by atoms with van der Waals surface area (Å²) in [7, 11) is 0. The number of nitrogens with zero attached hydrogens (tertiary/aromatic N) is 1. The number of piperidine rings is 1. The second-order valence-electron chi connectivity index (χ2n) is 9.95. The lowest BCUT2D eigenvalue weighted by Crippen LogP contribution is -2.49. The van der Waals surface area contributed by atoms with Gasteiger partial charge < -0.3 is 20.1 Å². The fourth-order valence-electron chi connectivity index (χ4n) is 5.48. The topological polar surface area (TPSA) is 81.9 Å². The van der Waals surface area contributed by atoms with Crippen molar-refractivity contribution >= 4 is 11.8 Å². The van der Waals surface area contributed by atoms with Gasteiger partial charge >= 0.3 is 0 Å². The number of hydrogen-bond acceptors (Lipinski definition) is 4. The monoisotopic (exact) mass is 478 g/mol. The van der Waals surface area contributed by atoms with Crippen LogP contribution in [0.4, 0.5) is 0 Å². The minimum absolute atomic E-state index is 0.140. The molecule has 1 unspecified atom stereocenters. The van der Waals surface area contributed by atoms with Crippen molar-refractivity contribution in [2.45, 2.75) is 64.4 Å². The third-order valence-corrected chi connectivity index (χ3v) is 7.78. The van der Waals surface area contributed by atoms with Gasteiger partial charge in [-0.15, -0.1) is 0 Å². The fourth-order valence-corrected chi connectivity index (χ4v) is 5.48. The molecule has 6 heteroatoms. The van der Waals surface area contributed by atoms with E-state index in [0.717, 1.165) is 80.5 Å². The van der Waals surface area contributed by atoms with E-state index < -0.39 is 11.5 Å². The molecule has 2 aromatic carbocycles. The highest BCUT2D eigenvalue weighted by Crippen LogP contribution is 2.39. The molecule has 0 aromatic heterocycles. The molecule has 0 aliphatic carbocycles. The first-order valence-electron chi connectivity index (χ1n) is 12.9. The molecule has 2 aromatic rings. The molecule has 1 atom stereocenters. The molecule has 2 fully saturated rings. The Morgan fingerprint density at radius 1 is 1.06 bits per heavy atom. The van der Waals surface area contributed by atoms with Crippen molar-refractivity contribution in [1.29, 1.82) is 0 Å². The molecule has 0 bridgehead atoms. The fraction of sp³-hybridized carbons (Fsp3) is 0.517. The maximum Gasteiger partial charge on any atom is 0.259 e. The third-order valence-electron chi connectivity index (χ3n) is 7.78. The zero-order chi connectivity index (χ0) is 24.8. The molecule has 0 radical (unpaired) electrons. The summed E-state index contributed by atoms with van der Waals surface area (Å²) in [5.41, 5.74) is 8.02. The van der Waals surface area contributed by atoms with Crippen molar-refractivity contribution in [3.63, 3.8) is 0 Å². The van der Waals surface area contributed by atoms with E-state index in [1.807, 2.05) is 55.1 Å². The number of amides is 2. The Hall–Kier alpha value is -2.86. The number of primary amides is 1. The van der Waals surface area contributed by atoms with Gasteiger partial charge in [0.15, 0.2) is 5.60 Å². The second kappa shape index (κ2) is 11.3. The molecule has 188 valence electrons. The summed E-state index contributed by atoms with van der Waals surface area (Å²) < 4.78 is 12.1. The van der Waals surface area contributed by atoms with Gasteiger partial charge in [-0.3, -0.25) is 9.59 Å². The van der Waals surface area contributed by atoms with Crippen LogP contribution in [0.15, 0.2) is 42.5 Å². The van der Waals surface area contributed by atoms with Gasteiger partial charge in [-0.1, -0.05) is 36.8 Å². The van der Waals surface area contributed by atoms with Crippen LogP contribution in [0, 0.1) is 19.8 Å². The summed E-state index contributed by atoms with van der Waals surface area (Å²) in [5.74, 6) is 1.20. The summed E-state index contributed by atoms with van der Waals surface area (Å²) in [4.78, 5) is 27.1. The molecule has 2 amide bonds. The van der Waals surface area contributed by atoms with E-state index in [4.69, 9.17) is 15.2 Å². The lowest BCUT2D eigenvalue weighted by molar-refractivity contribution is -0.155. The van der Waals surface area contributed by atoms with Crippen LogP contribution in [0.2, 0.25) is 0 Å². The first-order chi connectivity index (χ1) is 16.9. The van der Waals surface area contributed by atoms with Gasteiger partial charge in [0.25, 0.3) is 5.91 Å². The van der Waals surface area contributed by atoms with Gasteiger partial charge in [-0.05, 0) is 87.1 Å². The van der Waals surface area contributed by atoms with Crippen molar-refractivity contribution in [3.8, 4) is 5.75 Å². The van der Waals surface area contributed by atoms with Gasteiger partial charge in [0, 0.05) is 25.3 Å². The zero-order valence-corrected chi connectivity index (χ0v) is 21.1. The molecule has 2 aliphatic rings. The Morgan fingerprint density at radius 2 is 1.80 bits per heavy atom. The highest BCUT2D eigenvalue weighted by atomic mass is 16.5. The van der Waals surface area contributed by atoms with Crippen molar-refractivity contribution in [2.24, 2.45) is 11.7 Å². The zero-order valence-electron chi connectivity index (χ0n) is 21.1. The molecule has 35 heavy (non-hydrogen) atoms. The van der Waals surface area contributed by atoms with E-state index in [2.05, 4.69) is 0 Å². The van der Waals surface area contributed by atoms with Gasteiger partial charge in [-0.25, -0.2) is 0 Å². The van der Waals surface area contributed by atoms with Crippen molar-refractivity contribution < 1.29 is 19.1 Å². The Balaban J connectivity index is 1.21. The number of likely N-dealkylation sites (tertiary alicyclic amines) is 1. The van der Waals surface area contributed by atoms with Gasteiger partial charge in [0.1, 0.15) is 5.75 Å². The molecule has 0 saturated carbocycles. The lowest BCUT2D eigenvalue weighted by atomic mass is 9.86. The van der Waals surface area contributed by atoms with Crippen molar-refractivity contribution in [2.75, 3.05) is 26.3 Å². The maximum absolute atomic E-state index is 13.5. The lowest BCUT2D eigenvalue weighted by Gasteiger charge is -2.38. The predicted molar refractivity (Wildman–Crippen MR) is 136 cm³/mol. The van der Waals surface area contributed by atoms with Crippen LogP contribution in [0.1, 0.15) is 72.0 Å². The number of unbranched alkanes of at least 4 members (excludes halogenated alkanes) is 1. The van der Waals surface area contributed by atoms with Crippen molar-refractivity contribution in [1.82, 2.24) is 4.90 Å². The number of rotatable bonds is 9. The van der Waals surface area contributed by atoms with Gasteiger partial charge in [0.2, 0.25) is 5.91 Å². The van der Waals surface area contributed by atoms with E-state index in [-0.39, 0.29) is 5.91 Å². The number of ether oxygens (including phenoxy) is 2. The summed E-state index contributed by atoms with van der Waals surface area (Å²) >= 11 is 0. The Morgan fingerprint density at radius 3 is 2.46 bits per heavy atom. The summed E-state index contributed by atoms with van der Waals surface area (Å²) in [6.07, 6.45) is 7.03. The van der Waals surface area contributed by atoms with Crippen LogP contribution in [0.25, 0.3) is 0 Å². The van der Waals surface area contributed by atoms with E-state index in [9.17, 15) is 9.59 Å². The van der Waals surface area contributed by atoms with Crippen LogP contribution in [0.3, 0.4) is 0 Å². The molecule has 4 rings (SSSR count). The Bertz CT molecular complexity index is 1020. The minimum Gasteiger partial charge on any atom is -0.493 e. The van der Waals surface area contributed by atoms with E-state index in [1.54, 1.807) is 6.07 Å². The van der Waals surface area contributed by atoms with Gasteiger partial charge in [-0.2, -0.15) is 0 Å². The first kappa shape index (κ1) is 25.2. The molecule has 6 nitrogen and oxygen atoms in total. The number of nitrogens with two attached hydrogens (primary N) is 1. The third kappa shape index (κ3) is 5.53. The smallest absolute Gasteiger partial charge is 0.259 e. The average Bonchev–Trinajstić information content (AvgIpc) is 3.38. The molecular weight excluding hydrogens is 440 g/mol. The van der Waals surface area contributed by atoms with Crippen LogP contribution in [0.5, 0.6) is 5.75 Å². The standard InChI is InChI=1S/C29H38N2O4/c1-21-22(2)26(13-12-25(21)27(30)32)34-19-7-6-9-23-14-17-31(18-15-23)28(33)29(16-8-20-35-29)24-10-4-3-5-11-24/h3-5,10-13,23H,6-9,14-20H2,1-2H3,(H2,30,32). The quantitative estimate of drug-likeness (QED) is 0.520. The number of carbonyl (C=O) groups excluding carboxylic acids is 2. The Labute approximate surface area is 208 Å². The molecule has 2 saturated heterocycles. The average molecular weight is 479 g/mol. The van der Waals surface area contributed by atoms with E-state index in [1.165, 1.54) is 0 Å². The summed E-state index contributed by atoms with van der Waals surface area (Å²) in [6, 6.07) is 13.6. The van der Waals surface area contributed by atoms with Crippen LogP contribution < -0.4 is 10.5 Å². The number of carbonyl (C=O) groups is 2. The Kier molecular flexibility index (Phi) is 8.11. The summed E-state index contributed by atoms with van der Waals surface area (Å²) in [6.45, 7) is 6.79. The highest BCUT2D eigenvalue weighted by molar-refractivity contribution is 5.94. The molecule has 2 aliphatic heterocycles. The first-order valence-corrected chi connectivity index (χ1v) is 12.9. The number of hydrogen-bond donors (Lipinski definition) is 1. The molecular formula is C29H38N2O4. The molecule has 2 heterocycles. The predicted octanol–water partition coefficient (Wildman–Crippen LogP) is 4.90. The SMILES string of the molecule is Cc1c(OCCCCC2CCN(C(=O)C3(c4ccccc4)CCCO3)CC2)ccc(C(N)=O)c1C. The van der Waals surface area contributed by atoms with Crippen LogP contribution in [-0.4, -0.2) is 43.0 Å². The number of benzene rings is 2. The highest BCUT2D eigenvalue weighted by Gasteiger charge is 2.47. The summed E-state index contributed by atoms with van der Waals surface area (Å²) in [5, 5.41) is 0. The van der Waals surface area contributed by atoms with Gasteiger partial charge in [0.05, 0.1) is 6.61 Å². The largest absolute Gasteiger partial charge is 0.493 e. The molecule has 2 N–H and O–H groups in total. The van der Waals surface area contributed by atoms with Crippen molar-refractivity contribution in [3.05, 3.63) is 64.7 Å². The maximum atomic E-state index is 13.5. The normalized spacial score (nSPS) is 20.7. The van der Waals surface area contributed by atoms with Crippen LogP contribution >= 0.6 is 0 Å². The van der Waals surface area contributed by atoms with E-state index >= 15 is 0 Å².